The van der Waals surface area contributed by atoms with E-state index < -0.39 is 0 Å². The Labute approximate surface area is 150 Å². The van der Waals surface area contributed by atoms with E-state index in [1.807, 2.05) is 61.5 Å². The fourth-order valence-corrected chi connectivity index (χ4v) is 2.57. The molecule has 0 saturated heterocycles. The summed E-state index contributed by atoms with van der Waals surface area (Å²) < 4.78 is 5.79. The SMILES string of the molecule is Cc1ccc(Oc2ccc(Nc3ncnc4ccc(N)cc34)cc2)cn1. The molecule has 26 heavy (non-hydrogen) atoms. The van der Waals surface area contributed by atoms with Gasteiger partial charge >= 0.3 is 0 Å². The lowest BCUT2D eigenvalue weighted by atomic mass is 10.2. The van der Waals surface area contributed by atoms with Crippen LogP contribution in [0.2, 0.25) is 0 Å². The third-order valence-electron chi connectivity index (χ3n) is 3.90. The zero-order valence-electron chi connectivity index (χ0n) is 14.2. The van der Waals surface area contributed by atoms with Crippen molar-refractivity contribution < 1.29 is 4.74 Å². The number of nitrogens with two attached hydrogens (primary N) is 1. The maximum Gasteiger partial charge on any atom is 0.145 e. The van der Waals surface area contributed by atoms with Crippen LogP contribution in [0.4, 0.5) is 17.2 Å². The van der Waals surface area contributed by atoms with Crippen LogP contribution in [0.5, 0.6) is 11.5 Å². The average molecular weight is 343 g/mol. The molecule has 0 aliphatic carbocycles. The summed E-state index contributed by atoms with van der Waals surface area (Å²) in [6.07, 6.45) is 3.24. The molecule has 0 aliphatic rings. The summed E-state index contributed by atoms with van der Waals surface area (Å²) in [5.74, 6) is 2.14. The van der Waals surface area contributed by atoms with E-state index >= 15 is 0 Å². The summed E-state index contributed by atoms with van der Waals surface area (Å²) >= 11 is 0. The first-order chi connectivity index (χ1) is 12.7. The number of pyridine rings is 1. The summed E-state index contributed by atoms with van der Waals surface area (Å²) in [5, 5.41) is 4.17. The maximum atomic E-state index is 5.88. The first kappa shape index (κ1) is 15.8. The molecule has 3 N–H and O–H groups in total. The number of ether oxygens (including phenoxy) is 1. The lowest BCUT2D eigenvalue weighted by Crippen LogP contribution is -1.97. The molecule has 0 bridgehead atoms. The minimum Gasteiger partial charge on any atom is -0.456 e. The van der Waals surface area contributed by atoms with Crippen molar-refractivity contribution in [1.82, 2.24) is 15.0 Å². The van der Waals surface area contributed by atoms with Crippen molar-refractivity contribution in [2.24, 2.45) is 0 Å². The third-order valence-corrected chi connectivity index (χ3v) is 3.90. The van der Waals surface area contributed by atoms with E-state index in [0.717, 1.165) is 28.0 Å². The summed E-state index contributed by atoms with van der Waals surface area (Å²) in [5.41, 5.74) is 9.24. The van der Waals surface area contributed by atoms with Gasteiger partial charge in [0, 0.05) is 22.5 Å². The Morgan fingerprint density at radius 2 is 1.69 bits per heavy atom. The predicted molar refractivity (Wildman–Crippen MR) is 103 cm³/mol. The number of aromatic nitrogens is 3. The van der Waals surface area contributed by atoms with Crippen molar-refractivity contribution in [1.29, 1.82) is 0 Å². The molecule has 0 saturated carbocycles. The van der Waals surface area contributed by atoms with Crippen LogP contribution in [-0.4, -0.2) is 15.0 Å². The molecule has 0 fully saturated rings. The Kier molecular flexibility index (Phi) is 4.07. The van der Waals surface area contributed by atoms with Gasteiger partial charge in [0.25, 0.3) is 0 Å². The fraction of sp³-hybridized carbons (Fsp3) is 0.0500. The molecule has 6 nitrogen and oxygen atoms in total. The highest BCUT2D eigenvalue weighted by molar-refractivity contribution is 5.92. The zero-order valence-corrected chi connectivity index (χ0v) is 14.2. The first-order valence-corrected chi connectivity index (χ1v) is 8.15. The number of nitrogen functional groups attached to an aromatic ring is 1. The van der Waals surface area contributed by atoms with Gasteiger partial charge in [0.1, 0.15) is 23.6 Å². The molecule has 0 aliphatic heterocycles. The third kappa shape index (κ3) is 3.39. The Morgan fingerprint density at radius 3 is 2.46 bits per heavy atom. The fourth-order valence-electron chi connectivity index (χ4n) is 2.57. The van der Waals surface area contributed by atoms with Crippen molar-refractivity contribution >= 4 is 28.1 Å². The monoisotopic (exact) mass is 343 g/mol. The number of aryl methyl sites for hydroxylation is 1. The average Bonchev–Trinajstić information content (AvgIpc) is 2.66. The van der Waals surface area contributed by atoms with E-state index in [1.165, 1.54) is 6.33 Å². The number of benzene rings is 2. The number of hydrogen-bond acceptors (Lipinski definition) is 6. The maximum absolute atomic E-state index is 5.88. The van der Waals surface area contributed by atoms with Gasteiger partial charge < -0.3 is 15.8 Å². The van der Waals surface area contributed by atoms with Crippen LogP contribution in [0.3, 0.4) is 0 Å². The van der Waals surface area contributed by atoms with Crippen molar-refractivity contribution in [3.63, 3.8) is 0 Å². The smallest absolute Gasteiger partial charge is 0.145 e. The van der Waals surface area contributed by atoms with E-state index in [1.54, 1.807) is 6.20 Å². The standard InChI is InChI=1S/C20H17N5O/c1-13-2-6-17(11-22-13)26-16-7-4-15(5-8-16)25-20-18-10-14(21)3-9-19(18)23-12-24-20/h2-12H,21H2,1H3,(H,23,24,25). The molecule has 2 heterocycles. The lowest BCUT2D eigenvalue weighted by Gasteiger charge is -2.10. The van der Waals surface area contributed by atoms with Gasteiger partial charge in [-0.25, -0.2) is 9.97 Å². The second kappa shape index (κ2) is 6.68. The van der Waals surface area contributed by atoms with Crippen LogP contribution in [0.25, 0.3) is 10.9 Å². The van der Waals surface area contributed by atoms with Gasteiger partial charge in [0.2, 0.25) is 0 Å². The number of hydrogen-bond donors (Lipinski definition) is 2. The van der Waals surface area contributed by atoms with E-state index in [9.17, 15) is 0 Å². The summed E-state index contributed by atoms with van der Waals surface area (Å²) in [7, 11) is 0. The highest BCUT2D eigenvalue weighted by Gasteiger charge is 2.05. The topological polar surface area (TPSA) is 86.0 Å². The molecule has 2 aromatic carbocycles. The van der Waals surface area contributed by atoms with Crippen LogP contribution in [0, 0.1) is 6.92 Å². The molecule has 0 amide bonds. The number of fused-ring (bicyclic) bond motifs is 1. The minimum absolute atomic E-state index is 0.672. The highest BCUT2D eigenvalue weighted by Crippen LogP contribution is 2.27. The molecule has 2 aromatic heterocycles. The largest absolute Gasteiger partial charge is 0.456 e. The van der Waals surface area contributed by atoms with E-state index in [-0.39, 0.29) is 0 Å². The molecular weight excluding hydrogens is 326 g/mol. The van der Waals surface area contributed by atoms with Gasteiger partial charge in [-0.3, -0.25) is 4.98 Å². The van der Waals surface area contributed by atoms with Crippen LogP contribution in [0.15, 0.2) is 67.1 Å². The van der Waals surface area contributed by atoms with Gasteiger partial charge in [-0.2, -0.15) is 0 Å². The molecule has 0 atom stereocenters. The van der Waals surface area contributed by atoms with Crippen LogP contribution in [0.1, 0.15) is 5.69 Å². The number of anilines is 3. The van der Waals surface area contributed by atoms with Crippen LogP contribution in [-0.2, 0) is 0 Å². The zero-order chi connectivity index (χ0) is 17.9. The van der Waals surface area contributed by atoms with Gasteiger partial charge in [-0.05, 0) is 61.5 Å². The van der Waals surface area contributed by atoms with E-state index in [2.05, 4.69) is 20.3 Å². The molecule has 128 valence electrons. The predicted octanol–water partition coefficient (Wildman–Crippen LogP) is 4.45. The summed E-state index contributed by atoms with van der Waals surface area (Å²) in [6, 6.07) is 17.0. The first-order valence-electron chi connectivity index (χ1n) is 8.15. The molecule has 0 spiro atoms. The second-order valence-electron chi connectivity index (χ2n) is 5.89. The second-order valence-corrected chi connectivity index (χ2v) is 5.89. The van der Waals surface area contributed by atoms with Crippen molar-refractivity contribution in [2.75, 3.05) is 11.1 Å². The van der Waals surface area contributed by atoms with Crippen LogP contribution < -0.4 is 15.8 Å². The minimum atomic E-state index is 0.672. The Hall–Kier alpha value is -3.67. The Balaban J connectivity index is 1.54. The highest BCUT2D eigenvalue weighted by atomic mass is 16.5. The molecular formula is C20H17N5O. The normalized spacial score (nSPS) is 10.7. The molecule has 6 heteroatoms. The van der Waals surface area contributed by atoms with Crippen molar-refractivity contribution in [3.05, 3.63) is 72.8 Å². The number of rotatable bonds is 4. The molecule has 0 radical (unpaired) electrons. The number of nitrogens with one attached hydrogen (secondary N) is 1. The summed E-state index contributed by atoms with van der Waals surface area (Å²) in [6.45, 7) is 1.94. The quantitative estimate of drug-likeness (QED) is 0.532. The van der Waals surface area contributed by atoms with Gasteiger partial charge in [-0.1, -0.05) is 0 Å². The van der Waals surface area contributed by atoms with E-state index in [4.69, 9.17) is 10.5 Å². The molecule has 0 unspecified atom stereocenters. The van der Waals surface area contributed by atoms with Crippen LogP contribution >= 0.6 is 0 Å². The Bertz CT molecular complexity index is 1050. The van der Waals surface area contributed by atoms with Gasteiger partial charge in [-0.15, -0.1) is 0 Å². The number of nitrogens with zero attached hydrogens (tertiary/aromatic N) is 3. The van der Waals surface area contributed by atoms with Crippen molar-refractivity contribution in [2.45, 2.75) is 6.92 Å². The lowest BCUT2D eigenvalue weighted by molar-refractivity contribution is 0.480. The van der Waals surface area contributed by atoms with E-state index in [0.29, 0.717) is 17.3 Å². The summed E-state index contributed by atoms with van der Waals surface area (Å²) in [4.78, 5) is 12.8. The van der Waals surface area contributed by atoms with Gasteiger partial charge in [0.05, 0.1) is 11.7 Å². The van der Waals surface area contributed by atoms with Gasteiger partial charge in [0.15, 0.2) is 0 Å². The molecule has 4 rings (SSSR count). The Morgan fingerprint density at radius 1 is 0.885 bits per heavy atom. The van der Waals surface area contributed by atoms with Crippen molar-refractivity contribution in [3.8, 4) is 11.5 Å². The molecule has 4 aromatic rings.